The van der Waals surface area contributed by atoms with E-state index in [9.17, 15) is 0 Å². The molecule has 0 fully saturated rings. The molecule has 0 bridgehead atoms. The monoisotopic (exact) mass is 420 g/mol. The zero-order chi connectivity index (χ0) is 19.9. The van der Waals surface area contributed by atoms with Crippen molar-refractivity contribution in [3.63, 3.8) is 0 Å². The number of hydrogen-bond acceptors (Lipinski definition) is 2. The molecule has 2 rings (SSSR count). The van der Waals surface area contributed by atoms with E-state index in [0.717, 1.165) is 49.1 Å². The predicted molar refractivity (Wildman–Crippen MR) is 124 cm³/mol. The highest BCUT2D eigenvalue weighted by Gasteiger charge is 1.96. The minimum atomic E-state index is 0.811. The molecule has 0 spiro atoms. The van der Waals surface area contributed by atoms with Crippen molar-refractivity contribution in [2.24, 2.45) is 0 Å². The summed E-state index contributed by atoms with van der Waals surface area (Å²) in [5.41, 5.74) is 2.69. The van der Waals surface area contributed by atoms with Crippen molar-refractivity contribution < 1.29 is 0 Å². The first kappa shape index (κ1) is 23.2. The average molecular weight is 421 g/mol. The molecular formula is C24H34Cl2N2. The lowest BCUT2D eigenvalue weighted by Crippen LogP contribution is -2.18. The van der Waals surface area contributed by atoms with Crippen LogP contribution in [0.4, 0.5) is 0 Å². The molecule has 0 aliphatic heterocycles. The number of hydrogen-bond donors (Lipinski definition) is 2. The van der Waals surface area contributed by atoms with Gasteiger partial charge in [-0.3, -0.25) is 0 Å². The second-order valence-corrected chi connectivity index (χ2v) is 8.25. The molecule has 0 heterocycles. The van der Waals surface area contributed by atoms with Crippen LogP contribution in [0, 0.1) is 0 Å². The van der Waals surface area contributed by atoms with E-state index in [1.165, 1.54) is 49.7 Å². The standard InChI is InChI=1S/C24H34Cl2N2/c25-23-11-7-21(8-12-23)15-19-27-17-5-3-1-2-4-6-18-28-20-16-22-9-13-24(26)14-10-22/h7-14,27-28H,1-6,15-20H2. The minimum Gasteiger partial charge on any atom is -0.316 e. The molecule has 2 aromatic carbocycles. The minimum absolute atomic E-state index is 0.811. The molecule has 0 atom stereocenters. The number of rotatable bonds is 15. The van der Waals surface area contributed by atoms with E-state index < -0.39 is 0 Å². The summed E-state index contributed by atoms with van der Waals surface area (Å²) in [6.45, 7) is 4.34. The molecule has 0 aliphatic rings. The van der Waals surface area contributed by atoms with Gasteiger partial charge in [0.1, 0.15) is 0 Å². The van der Waals surface area contributed by atoms with Gasteiger partial charge in [-0.15, -0.1) is 0 Å². The van der Waals surface area contributed by atoms with Gasteiger partial charge in [-0.2, -0.15) is 0 Å². The van der Waals surface area contributed by atoms with E-state index in [1.54, 1.807) is 0 Å². The first-order valence-electron chi connectivity index (χ1n) is 10.6. The third-order valence-corrected chi connectivity index (χ3v) is 5.47. The predicted octanol–water partition coefficient (Wildman–Crippen LogP) is 6.30. The number of nitrogens with one attached hydrogen (secondary N) is 2. The quantitative estimate of drug-likeness (QED) is 0.330. The molecule has 0 amide bonds. The van der Waals surface area contributed by atoms with Gasteiger partial charge in [-0.05, 0) is 87.3 Å². The van der Waals surface area contributed by atoms with Gasteiger partial charge in [0.05, 0.1) is 0 Å². The Labute approximate surface area is 181 Å². The molecule has 2 N–H and O–H groups in total. The van der Waals surface area contributed by atoms with Crippen LogP contribution in [0.25, 0.3) is 0 Å². The van der Waals surface area contributed by atoms with Crippen molar-refractivity contribution >= 4 is 23.2 Å². The maximum absolute atomic E-state index is 5.90. The maximum Gasteiger partial charge on any atom is 0.0406 e. The normalized spacial score (nSPS) is 11.1. The van der Waals surface area contributed by atoms with E-state index in [4.69, 9.17) is 23.2 Å². The molecule has 28 heavy (non-hydrogen) atoms. The van der Waals surface area contributed by atoms with Crippen molar-refractivity contribution in [3.8, 4) is 0 Å². The van der Waals surface area contributed by atoms with Crippen LogP contribution in [0.1, 0.15) is 49.7 Å². The molecule has 0 unspecified atom stereocenters. The van der Waals surface area contributed by atoms with Crippen molar-refractivity contribution in [1.29, 1.82) is 0 Å². The molecule has 2 nitrogen and oxygen atoms in total. The third-order valence-electron chi connectivity index (χ3n) is 4.96. The van der Waals surface area contributed by atoms with Crippen LogP contribution in [0.5, 0.6) is 0 Å². The van der Waals surface area contributed by atoms with E-state index >= 15 is 0 Å². The fraction of sp³-hybridized carbons (Fsp3) is 0.500. The summed E-state index contributed by atoms with van der Waals surface area (Å²) in [4.78, 5) is 0. The highest BCUT2D eigenvalue weighted by Crippen LogP contribution is 2.10. The number of benzene rings is 2. The lowest BCUT2D eigenvalue weighted by Gasteiger charge is -2.06. The van der Waals surface area contributed by atoms with Gasteiger partial charge in [-0.25, -0.2) is 0 Å². The fourth-order valence-corrected chi connectivity index (χ4v) is 3.48. The molecule has 0 aromatic heterocycles. The van der Waals surface area contributed by atoms with Crippen LogP contribution >= 0.6 is 23.2 Å². The topological polar surface area (TPSA) is 24.1 Å². The zero-order valence-corrected chi connectivity index (χ0v) is 18.4. The van der Waals surface area contributed by atoms with Crippen molar-refractivity contribution in [1.82, 2.24) is 10.6 Å². The molecule has 0 saturated carbocycles. The van der Waals surface area contributed by atoms with Gasteiger partial charge in [0, 0.05) is 10.0 Å². The molecule has 4 heteroatoms. The summed E-state index contributed by atoms with van der Waals surface area (Å²) < 4.78 is 0. The SMILES string of the molecule is Clc1ccc(CCNCCCCCCCCNCCc2ccc(Cl)cc2)cc1. The average Bonchev–Trinajstić information content (AvgIpc) is 2.71. The van der Waals surface area contributed by atoms with Crippen LogP contribution in [-0.4, -0.2) is 26.2 Å². The summed E-state index contributed by atoms with van der Waals surface area (Å²) in [6.07, 6.45) is 10.1. The zero-order valence-electron chi connectivity index (χ0n) is 16.9. The Kier molecular flexibility index (Phi) is 12.3. The van der Waals surface area contributed by atoms with Crippen molar-refractivity contribution in [2.75, 3.05) is 26.2 Å². The van der Waals surface area contributed by atoms with Crippen LogP contribution in [0.15, 0.2) is 48.5 Å². The highest BCUT2D eigenvalue weighted by molar-refractivity contribution is 6.30. The molecule has 0 saturated heterocycles. The first-order valence-corrected chi connectivity index (χ1v) is 11.4. The van der Waals surface area contributed by atoms with Crippen LogP contribution < -0.4 is 10.6 Å². The van der Waals surface area contributed by atoms with Gasteiger partial charge in [-0.1, -0.05) is 73.2 Å². The number of halogens is 2. The highest BCUT2D eigenvalue weighted by atomic mass is 35.5. The Hall–Kier alpha value is -1.06. The van der Waals surface area contributed by atoms with Gasteiger partial charge in [0.2, 0.25) is 0 Å². The van der Waals surface area contributed by atoms with Crippen LogP contribution in [-0.2, 0) is 12.8 Å². The second kappa shape index (κ2) is 14.9. The Balaban J connectivity index is 1.30. The van der Waals surface area contributed by atoms with E-state index in [-0.39, 0.29) is 0 Å². The third kappa shape index (κ3) is 11.1. The maximum atomic E-state index is 5.90. The fourth-order valence-electron chi connectivity index (χ4n) is 3.22. The summed E-state index contributed by atoms with van der Waals surface area (Å²) in [5.74, 6) is 0. The molecule has 0 aliphatic carbocycles. The lowest BCUT2D eigenvalue weighted by molar-refractivity contribution is 0.551. The molecule has 2 aromatic rings. The second-order valence-electron chi connectivity index (χ2n) is 7.37. The van der Waals surface area contributed by atoms with Crippen LogP contribution in [0.3, 0.4) is 0 Å². The van der Waals surface area contributed by atoms with E-state index in [1.807, 2.05) is 24.3 Å². The molecule has 154 valence electrons. The van der Waals surface area contributed by atoms with E-state index in [0.29, 0.717) is 0 Å². The van der Waals surface area contributed by atoms with E-state index in [2.05, 4.69) is 34.9 Å². The van der Waals surface area contributed by atoms with Crippen molar-refractivity contribution in [2.45, 2.75) is 51.4 Å². The molecule has 0 radical (unpaired) electrons. The summed E-state index contributed by atoms with van der Waals surface area (Å²) in [6, 6.07) is 16.3. The van der Waals surface area contributed by atoms with Gasteiger partial charge >= 0.3 is 0 Å². The lowest BCUT2D eigenvalue weighted by atomic mass is 10.1. The molecular weight excluding hydrogens is 387 g/mol. The number of unbranched alkanes of at least 4 members (excludes halogenated alkanes) is 5. The first-order chi connectivity index (χ1) is 13.7. The summed E-state index contributed by atoms with van der Waals surface area (Å²) in [5, 5.41) is 8.70. The van der Waals surface area contributed by atoms with Gasteiger partial charge in [0.25, 0.3) is 0 Å². The summed E-state index contributed by atoms with van der Waals surface area (Å²) >= 11 is 11.8. The van der Waals surface area contributed by atoms with Gasteiger partial charge < -0.3 is 10.6 Å². The Morgan fingerprint density at radius 2 is 0.821 bits per heavy atom. The van der Waals surface area contributed by atoms with Crippen molar-refractivity contribution in [3.05, 3.63) is 69.7 Å². The largest absolute Gasteiger partial charge is 0.316 e. The summed E-state index contributed by atoms with van der Waals surface area (Å²) in [7, 11) is 0. The Bertz CT molecular complexity index is 569. The van der Waals surface area contributed by atoms with Gasteiger partial charge in [0.15, 0.2) is 0 Å². The van der Waals surface area contributed by atoms with Crippen LogP contribution in [0.2, 0.25) is 10.0 Å². The Morgan fingerprint density at radius 1 is 0.464 bits per heavy atom. The Morgan fingerprint density at radius 3 is 1.21 bits per heavy atom. The smallest absolute Gasteiger partial charge is 0.0406 e.